The molecule has 0 amide bonds. The van der Waals surface area contributed by atoms with E-state index in [1.165, 1.54) is 73.6 Å². The number of methoxy groups -OCH3 is 1. The number of hydrogen-bond acceptors (Lipinski definition) is 2. The topological polar surface area (TPSA) is 18.5 Å². The fraction of sp³-hybridized carbons (Fsp3) is 0.800. The zero-order chi connectivity index (χ0) is 23.9. The highest BCUT2D eigenvalue weighted by molar-refractivity contribution is 5.58. The van der Waals surface area contributed by atoms with Gasteiger partial charge in [0, 0.05) is 5.56 Å². The maximum Gasteiger partial charge on any atom is 0.127 e. The van der Waals surface area contributed by atoms with Gasteiger partial charge in [0.05, 0.1) is 7.11 Å². The first-order valence-corrected chi connectivity index (χ1v) is 13.4. The predicted molar refractivity (Wildman–Crippen MR) is 139 cm³/mol. The van der Waals surface area contributed by atoms with Crippen LogP contribution in [0.2, 0.25) is 0 Å². The largest absolute Gasteiger partial charge is 0.496 e. The smallest absolute Gasteiger partial charge is 0.127 e. The van der Waals surface area contributed by atoms with Crippen molar-refractivity contribution in [2.24, 2.45) is 17.8 Å². The average Bonchev–Trinajstić information content (AvgIpc) is 2.72. The van der Waals surface area contributed by atoms with E-state index in [0.29, 0.717) is 0 Å². The summed E-state index contributed by atoms with van der Waals surface area (Å²) in [6.45, 7) is 18.4. The molecule has 0 saturated heterocycles. The highest BCUT2D eigenvalue weighted by Crippen LogP contribution is 2.44. The van der Waals surface area contributed by atoms with Gasteiger partial charge in [-0.1, -0.05) is 72.6 Å². The Balaban J connectivity index is 1.77. The molecule has 1 aliphatic rings. The summed E-state index contributed by atoms with van der Waals surface area (Å²) in [6.07, 6.45) is 14.3. The molecule has 1 aromatic rings. The zero-order valence-corrected chi connectivity index (χ0v) is 22.8. The van der Waals surface area contributed by atoms with Crippen molar-refractivity contribution >= 4 is 0 Å². The van der Waals surface area contributed by atoms with Crippen LogP contribution in [-0.2, 0) is 6.42 Å². The normalized spacial score (nSPS) is 20.1. The van der Waals surface area contributed by atoms with Crippen molar-refractivity contribution in [1.82, 2.24) is 0 Å². The molecule has 0 saturated carbocycles. The van der Waals surface area contributed by atoms with Crippen molar-refractivity contribution in [1.29, 1.82) is 0 Å². The Morgan fingerprint density at radius 3 is 1.94 bits per heavy atom. The number of benzene rings is 1. The summed E-state index contributed by atoms with van der Waals surface area (Å²) in [5.74, 6) is 4.74. The number of rotatable bonds is 13. The maximum absolute atomic E-state index is 6.70. The van der Waals surface area contributed by atoms with Gasteiger partial charge in [-0.05, 0) is 87.8 Å². The predicted octanol–water partition coefficient (Wildman–Crippen LogP) is 9.14. The Hall–Kier alpha value is -1.18. The van der Waals surface area contributed by atoms with E-state index in [1.54, 1.807) is 7.11 Å². The molecule has 1 aromatic carbocycles. The molecule has 0 aromatic heterocycles. The fourth-order valence-corrected chi connectivity index (χ4v) is 5.57. The van der Waals surface area contributed by atoms with Gasteiger partial charge in [-0.15, -0.1) is 0 Å². The van der Waals surface area contributed by atoms with Crippen LogP contribution in [0.15, 0.2) is 0 Å². The summed E-state index contributed by atoms with van der Waals surface area (Å²) in [5, 5.41) is 0. The van der Waals surface area contributed by atoms with Crippen molar-refractivity contribution < 1.29 is 9.47 Å². The summed E-state index contributed by atoms with van der Waals surface area (Å²) in [4.78, 5) is 0. The minimum absolute atomic E-state index is 0.0319. The van der Waals surface area contributed by atoms with Crippen LogP contribution in [0.25, 0.3) is 0 Å². The van der Waals surface area contributed by atoms with Gasteiger partial charge in [0.15, 0.2) is 0 Å². The molecular weight excluding hydrogens is 392 g/mol. The Labute approximate surface area is 199 Å². The van der Waals surface area contributed by atoms with Crippen LogP contribution in [0.5, 0.6) is 11.5 Å². The highest BCUT2D eigenvalue weighted by atomic mass is 16.5. The third kappa shape index (κ3) is 7.42. The van der Waals surface area contributed by atoms with E-state index in [-0.39, 0.29) is 5.60 Å². The molecule has 2 heteroatoms. The van der Waals surface area contributed by atoms with Gasteiger partial charge in [-0.2, -0.15) is 0 Å². The molecule has 2 nitrogen and oxygen atoms in total. The van der Waals surface area contributed by atoms with Gasteiger partial charge in [-0.25, -0.2) is 0 Å². The molecule has 32 heavy (non-hydrogen) atoms. The molecule has 2 unspecified atom stereocenters. The second-order valence-corrected chi connectivity index (χ2v) is 11.6. The van der Waals surface area contributed by atoms with Crippen molar-refractivity contribution in [2.75, 3.05) is 7.11 Å². The van der Waals surface area contributed by atoms with Crippen molar-refractivity contribution in [3.05, 3.63) is 22.3 Å². The molecule has 0 radical (unpaired) electrons. The lowest BCUT2D eigenvalue weighted by molar-refractivity contribution is 0.0512. The monoisotopic (exact) mass is 444 g/mol. The van der Waals surface area contributed by atoms with Crippen LogP contribution in [0.4, 0.5) is 0 Å². The molecule has 0 N–H and O–H groups in total. The van der Waals surface area contributed by atoms with Gasteiger partial charge in [0.1, 0.15) is 17.1 Å². The Bertz CT molecular complexity index is 720. The molecule has 184 valence electrons. The van der Waals surface area contributed by atoms with Gasteiger partial charge in [0.25, 0.3) is 0 Å². The van der Waals surface area contributed by atoms with Gasteiger partial charge < -0.3 is 9.47 Å². The Morgan fingerprint density at radius 2 is 1.38 bits per heavy atom. The van der Waals surface area contributed by atoms with Crippen LogP contribution in [-0.4, -0.2) is 12.7 Å². The molecular formula is C30H52O2. The quantitative estimate of drug-likeness (QED) is 0.302. The third-order valence-corrected chi connectivity index (χ3v) is 8.04. The van der Waals surface area contributed by atoms with Gasteiger partial charge >= 0.3 is 0 Å². The maximum atomic E-state index is 6.70. The van der Waals surface area contributed by atoms with Crippen molar-refractivity contribution in [2.45, 2.75) is 132 Å². The zero-order valence-electron chi connectivity index (χ0n) is 22.8. The first kappa shape index (κ1) is 27.1. The second-order valence-electron chi connectivity index (χ2n) is 11.6. The third-order valence-electron chi connectivity index (χ3n) is 8.04. The summed E-state index contributed by atoms with van der Waals surface area (Å²) < 4.78 is 12.4. The molecule has 1 heterocycles. The lowest BCUT2D eigenvalue weighted by Crippen LogP contribution is -2.37. The number of ether oxygens (including phenoxy) is 2. The van der Waals surface area contributed by atoms with Crippen LogP contribution in [0.1, 0.15) is 121 Å². The molecule has 0 aliphatic carbocycles. The van der Waals surface area contributed by atoms with E-state index in [9.17, 15) is 0 Å². The molecule has 0 fully saturated rings. The SMILES string of the molecule is COc1c(C)c(C)c2c(c1C)CCC(C)(CCC[C@H](C)CCCC(C)CCCC(C)C)O2. The highest BCUT2D eigenvalue weighted by Gasteiger charge is 2.34. The van der Waals surface area contributed by atoms with E-state index < -0.39 is 0 Å². The fourth-order valence-electron chi connectivity index (χ4n) is 5.57. The minimum atomic E-state index is -0.0319. The summed E-state index contributed by atoms with van der Waals surface area (Å²) >= 11 is 0. The van der Waals surface area contributed by atoms with Crippen LogP contribution in [0.3, 0.4) is 0 Å². The number of fused-ring (bicyclic) bond motifs is 1. The molecule has 0 spiro atoms. The lowest BCUT2D eigenvalue weighted by atomic mass is 9.83. The van der Waals surface area contributed by atoms with Crippen molar-refractivity contribution in [3.8, 4) is 11.5 Å². The molecule has 3 atom stereocenters. The standard InChI is InChI=1S/C30H52O2/c1-21(2)13-10-14-22(3)15-11-16-23(4)17-12-19-30(8)20-18-27-26(7)28(31-9)24(5)25(6)29(27)32-30/h21-23H,10-20H2,1-9H3/t22?,23-,30?/m1/s1. The second kappa shape index (κ2) is 12.3. The molecule has 0 bridgehead atoms. The van der Waals surface area contributed by atoms with E-state index in [1.807, 2.05) is 0 Å². The van der Waals surface area contributed by atoms with E-state index in [0.717, 1.165) is 48.5 Å². The van der Waals surface area contributed by atoms with Gasteiger partial charge in [-0.3, -0.25) is 0 Å². The summed E-state index contributed by atoms with van der Waals surface area (Å²) in [6, 6.07) is 0. The summed E-state index contributed by atoms with van der Waals surface area (Å²) in [5.41, 5.74) is 5.07. The Kier molecular flexibility index (Phi) is 10.4. The van der Waals surface area contributed by atoms with Crippen molar-refractivity contribution in [3.63, 3.8) is 0 Å². The van der Waals surface area contributed by atoms with Crippen LogP contribution < -0.4 is 9.47 Å². The molecule has 2 rings (SSSR count). The minimum Gasteiger partial charge on any atom is -0.496 e. The van der Waals surface area contributed by atoms with Crippen LogP contribution >= 0.6 is 0 Å². The van der Waals surface area contributed by atoms with Gasteiger partial charge in [0.2, 0.25) is 0 Å². The average molecular weight is 445 g/mol. The molecule has 1 aliphatic heterocycles. The first-order chi connectivity index (χ1) is 15.1. The first-order valence-electron chi connectivity index (χ1n) is 13.4. The number of hydrogen-bond donors (Lipinski definition) is 0. The Morgan fingerprint density at radius 1 is 0.812 bits per heavy atom. The van der Waals surface area contributed by atoms with E-state index >= 15 is 0 Å². The summed E-state index contributed by atoms with van der Waals surface area (Å²) in [7, 11) is 1.78. The van der Waals surface area contributed by atoms with E-state index in [2.05, 4.69) is 55.4 Å². The lowest BCUT2D eigenvalue weighted by Gasteiger charge is -2.38. The van der Waals surface area contributed by atoms with Crippen LogP contribution in [0, 0.1) is 38.5 Å². The van der Waals surface area contributed by atoms with E-state index in [4.69, 9.17) is 9.47 Å².